The third kappa shape index (κ3) is 7.53. The maximum absolute atomic E-state index is 13.0. The van der Waals surface area contributed by atoms with Crippen molar-refractivity contribution in [2.24, 2.45) is 0 Å². The van der Waals surface area contributed by atoms with Gasteiger partial charge in [-0.2, -0.15) is 0 Å². The standard InChI is InChI=1S/C33H36N2O6S/c1-20(2)25-10-7-22(4)16-28(25)40-14-13-35-32(37)30(42-33(35)38)18-24-9-12-27(29(17-24)39-6)41-19-31(36)34-26-11-8-21(3)15-23(26)5/h7-12,15-18,20H,13-14,19H2,1-6H3,(H,34,36)/b30-18-. The zero-order chi connectivity index (χ0) is 30.4. The van der Waals surface area contributed by atoms with Crippen LogP contribution in [0.5, 0.6) is 17.2 Å². The fraction of sp³-hybridized carbons (Fsp3) is 0.303. The number of methoxy groups -OCH3 is 1. The van der Waals surface area contributed by atoms with E-state index in [-0.39, 0.29) is 42.7 Å². The van der Waals surface area contributed by atoms with Gasteiger partial charge in [-0.3, -0.25) is 19.3 Å². The van der Waals surface area contributed by atoms with Gasteiger partial charge in [0.05, 0.1) is 18.6 Å². The Hall–Kier alpha value is -4.24. The third-order valence-corrected chi connectivity index (χ3v) is 7.64. The van der Waals surface area contributed by atoms with Crippen molar-refractivity contribution in [1.82, 2.24) is 4.90 Å². The smallest absolute Gasteiger partial charge is 0.293 e. The molecule has 4 rings (SSSR count). The van der Waals surface area contributed by atoms with E-state index in [1.165, 1.54) is 12.0 Å². The minimum absolute atomic E-state index is 0.147. The van der Waals surface area contributed by atoms with Crippen LogP contribution in [0, 0.1) is 20.8 Å². The molecule has 1 N–H and O–H groups in total. The van der Waals surface area contributed by atoms with Crippen molar-refractivity contribution in [1.29, 1.82) is 0 Å². The summed E-state index contributed by atoms with van der Waals surface area (Å²) in [6.07, 6.45) is 1.64. The predicted molar refractivity (Wildman–Crippen MR) is 166 cm³/mol. The first-order valence-electron chi connectivity index (χ1n) is 13.7. The topological polar surface area (TPSA) is 94.2 Å². The van der Waals surface area contributed by atoms with Gasteiger partial charge in [-0.25, -0.2) is 0 Å². The minimum atomic E-state index is -0.371. The van der Waals surface area contributed by atoms with Crippen LogP contribution in [0.1, 0.15) is 47.6 Å². The second kappa shape index (κ2) is 13.6. The SMILES string of the molecule is COc1cc(/C=C2\SC(=O)N(CCOc3cc(C)ccc3C(C)C)C2=O)ccc1OCC(=O)Nc1ccc(C)cc1C. The van der Waals surface area contributed by atoms with Crippen molar-refractivity contribution in [3.63, 3.8) is 0 Å². The number of anilines is 1. The van der Waals surface area contributed by atoms with Crippen LogP contribution in [0.4, 0.5) is 10.5 Å². The van der Waals surface area contributed by atoms with Crippen LogP contribution in [0.25, 0.3) is 6.08 Å². The van der Waals surface area contributed by atoms with E-state index in [2.05, 4.69) is 19.2 Å². The lowest BCUT2D eigenvalue weighted by molar-refractivity contribution is -0.123. The molecule has 9 heteroatoms. The third-order valence-electron chi connectivity index (χ3n) is 6.74. The van der Waals surface area contributed by atoms with Crippen LogP contribution in [0.3, 0.4) is 0 Å². The fourth-order valence-corrected chi connectivity index (χ4v) is 5.38. The molecule has 0 radical (unpaired) electrons. The summed E-state index contributed by atoms with van der Waals surface area (Å²) in [7, 11) is 1.49. The molecule has 0 unspecified atom stereocenters. The van der Waals surface area contributed by atoms with Crippen LogP contribution >= 0.6 is 11.8 Å². The van der Waals surface area contributed by atoms with Crippen molar-refractivity contribution < 1.29 is 28.6 Å². The number of hydrogen-bond acceptors (Lipinski definition) is 7. The zero-order valence-corrected chi connectivity index (χ0v) is 25.6. The number of thioether (sulfide) groups is 1. The van der Waals surface area contributed by atoms with Gasteiger partial charge in [-0.1, -0.05) is 49.7 Å². The summed E-state index contributed by atoms with van der Waals surface area (Å²) < 4.78 is 17.2. The lowest BCUT2D eigenvalue weighted by Gasteiger charge is -2.17. The molecule has 0 aromatic heterocycles. The molecule has 0 bridgehead atoms. The number of rotatable bonds is 11. The largest absolute Gasteiger partial charge is 0.493 e. The van der Waals surface area contributed by atoms with E-state index in [4.69, 9.17) is 14.2 Å². The highest BCUT2D eigenvalue weighted by Crippen LogP contribution is 2.35. The second-order valence-corrected chi connectivity index (χ2v) is 11.4. The minimum Gasteiger partial charge on any atom is -0.493 e. The summed E-state index contributed by atoms with van der Waals surface area (Å²) >= 11 is 0.886. The summed E-state index contributed by atoms with van der Waals surface area (Å²) in [4.78, 5) is 39.7. The highest BCUT2D eigenvalue weighted by molar-refractivity contribution is 8.18. The molecule has 1 saturated heterocycles. The van der Waals surface area contributed by atoms with Gasteiger partial charge in [0.15, 0.2) is 18.1 Å². The average molecular weight is 589 g/mol. The fourth-order valence-electron chi connectivity index (χ4n) is 4.51. The van der Waals surface area contributed by atoms with E-state index in [1.54, 1.807) is 24.3 Å². The molecular formula is C33H36N2O6S. The molecule has 3 aromatic rings. The Bertz CT molecular complexity index is 1530. The van der Waals surface area contributed by atoms with Gasteiger partial charge in [0.2, 0.25) is 0 Å². The van der Waals surface area contributed by atoms with Gasteiger partial charge in [-0.05, 0) is 91.0 Å². The van der Waals surface area contributed by atoms with Crippen LogP contribution in [0.15, 0.2) is 59.5 Å². The van der Waals surface area contributed by atoms with E-state index in [0.717, 1.165) is 45.5 Å². The molecule has 8 nitrogen and oxygen atoms in total. The van der Waals surface area contributed by atoms with Crippen LogP contribution in [-0.2, 0) is 9.59 Å². The maximum Gasteiger partial charge on any atom is 0.293 e. The molecule has 220 valence electrons. The van der Waals surface area contributed by atoms with Crippen molar-refractivity contribution in [3.8, 4) is 17.2 Å². The van der Waals surface area contributed by atoms with Gasteiger partial charge in [-0.15, -0.1) is 0 Å². The molecule has 42 heavy (non-hydrogen) atoms. The number of nitrogens with one attached hydrogen (secondary N) is 1. The van der Waals surface area contributed by atoms with Crippen molar-refractivity contribution in [3.05, 3.63) is 87.3 Å². The molecule has 0 aliphatic carbocycles. The number of carbonyl (C=O) groups excluding carboxylic acids is 3. The number of benzene rings is 3. The van der Waals surface area contributed by atoms with E-state index in [9.17, 15) is 14.4 Å². The number of hydrogen-bond donors (Lipinski definition) is 1. The molecule has 0 saturated carbocycles. The van der Waals surface area contributed by atoms with Crippen LogP contribution < -0.4 is 19.5 Å². The molecule has 0 atom stereocenters. The van der Waals surface area contributed by atoms with Gasteiger partial charge >= 0.3 is 0 Å². The Balaban J connectivity index is 1.37. The number of carbonyl (C=O) groups is 3. The summed E-state index contributed by atoms with van der Waals surface area (Å²) in [5, 5.41) is 2.51. The quantitative estimate of drug-likeness (QED) is 0.244. The van der Waals surface area contributed by atoms with Gasteiger partial charge in [0.25, 0.3) is 17.1 Å². The van der Waals surface area contributed by atoms with Crippen LogP contribution in [0.2, 0.25) is 0 Å². The van der Waals surface area contributed by atoms with Crippen LogP contribution in [-0.4, -0.2) is 48.8 Å². The molecular weight excluding hydrogens is 552 g/mol. The number of amides is 3. The first-order valence-corrected chi connectivity index (χ1v) is 14.5. The molecule has 1 aliphatic heterocycles. The molecule has 1 fully saturated rings. The highest BCUT2D eigenvalue weighted by atomic mass is 32.2. The lowest BCUT2D eigenvalue weighted by Crippen LogP contribution is -2.32. The zero-order valence-electron chi connectivity index (χ0n) is 24.8. The summed E-state index contributed by atoms with van der Waals surface area (Å²) in [6, 6.07) is 16.9. The van der Waals surface area contributed by atoms with Crippen molar-refractivity contribution in [2.75, 3.05) is 32.2 Å². The Morgan fingerprint density at radius 2 is 1.67 bits per heavy atom. The molecule has 1 heterocycles. The average Bonchev–Trinajstić information content (AvgIpc) is 3.20. The summed E-state index contributed by atoms with van der Waals surface area (Å²) in [5.74, 6) is 1.17. The van der Waals surface area contributed by atoms with Crippen molar-refractivity contribution in [2.45, 2.75) is 40.5 Å². The number of nitrogens with zero attached hydrogens (tertiary/aromatic N) is 1. The monoisotopic (exact) mass is 588 g/mol. The molecule has 3 aromatic carbocycles. The normalized spacial score (nSPS) is 14.1. The van der Waals surface area contributed by atoms with E-state index < -0.39 is 0 Å². The van der Waals surface area contributed by atoms with E-state index in [1.807, 2.05) is 57.2 Å². The first-order chi connectivity index (χ1) is 20.0. The Labute approximate surface area is 251 Å². The van der Waals surface area contributed by atoms with Gasteiger partial charge in [0, 0.05) is 5.69 Å². The Kier molecular flexibility index (Phi) is 9.96. The molecule has 0 spiro atoms. The second-order valence-electron chi connectivity index (χ2n) is 10.4. The van der Waals surface area contributed by atoms with Gasteiger partial charge < -0.3 is 19.5 Å². The Morgan fingerprint density at radius 1 is 0.929 bits per heavy atom. The van der Waals surface area contributed by atoms with E-state index in [0.29, 0.717) is 22.0 Å². The van der Waals surface area contributed by atoms with E-state index >= 15 is 0 Å². The predicted octanol–water partition coefficient (Wildman–Crippen LogP) is 6.88. The van der Waals surface area contributed by atoms with Gasteiger partial charge in [0.1, 0.15) is 12.4 Å². The Morgan fingerprint density at radius 3 is 2.38 bits per heavy atom. The maximum atomic E-state index is 13.0. The number of aryl methyl sites for hydroxylation is 3. The highest BCUT2D eigenvalue weighted by Gasteiger charge is 2.35. The summed E-state index contributed by atoms with van der Waals surface area (Å²) in [5.41, 5.74) is 5.63. The molecule has 3 amide bonds. The first kappa shape index (κ1) is 30.7. The number of imide groups is 1. The van der Waals surface area contributed by atoms with Crippen molar-refractivity contribution >= 4 is 40.6 Å². The number of ether oxygens (including phenoxy) is 3. The summed E-state index contributed by atoms with van der Waals surface area (Å²) in [6.45, 7) is 10.3. The lowest BCUT2D eigenvalue weighted by atomic mass is 10.0. The molecule has 1 aliphatic rings.